The Balaban J connectivity index is 2.04. The zero-order chi connectivity index (χ0) is 16.2. The van der Waals surface area contributed by atoms with Crippen molar-refractivity contribution in [1.82, 2.24) is 4.72 Å². The van der Waals surface area contributed by atoms with Crippen molar-refractivity contribution in [2.45, 2.75) is 17.4 Å². The van der Waals surface area contributed by atoms with Crippen molar-refractivity contribution in [1.29, 1.82) is 0 Å². The first-order valence-electron chi connectivity index (χ1n) is 6.48. The Kier molecular flexibility index (Phi) is 5.52. The van der Waals surface area contributed by atoms with Gasteiger partial charge in [0, 0.05) is 11.4 Å². The van der Waals surface area contributed by atoms with Crippen LogP contribution in [0.3, 0.4) is 0 Å². The first-order valence-corrected chi connectivity index (χ1v) is 8.85. The Hall–Kier alpha value is -1.48. The van der Waals surface area contributed by atoms with Crippen LogP contribution >= 0.6 is 11.3 Å². The lowest BCUT2D eigenvalue weighted by molar-refractivity contribution is 0.173. The molecule has 5 nitrogen and oxygen atoms in total. The largest absolute Gasteiger partial charge is 0.495 e. The van der Waals surface area contributed by atoms with Gasteiger partial charge in [-0.25, -0.2) is 17.5 Å². The Morgan fingerprint density at radius 3 is 2.82 bits per heavy atom. The number of ether oxygens (including phenoxy) is 1. The van der Waals surface area contributed by atoms with Crippen molar-refractivity contribution in [3.8, 4) is 5.75 Å². The van der Waals surface area contributed by atoms with E-state index in [1.807, 2.05) is 11.4 Å². The van der Waals surface area contributed by atoms with Gasteiger partial charge in [0.25, 0.3) is 0 Å². The molecular weight excluding hydrogens is 329 g/mol. The SMILES string of the molecule is COc1ccc(F)cc1S(=O)(=O)NCCC(O)c1cccs1. The van der Waals surface area contributed by atoms with Crippen LogP contribution in [0.25, 0.3) is 0 Å². The quantitative estimate of drug-likeness (QED) is 0.807. The van der Waals surface area contributed by atoms with Gasteiger partial charge in [-0.3, -0.25) is 0 Å². The smallest absolute Gasteiger partial charge is 0.244 e. The van der Waals surface area contributed by atoms with Crippen LogP contribution in [0.15, 0.2) is 40.6 Å². The van der Waals surface area contributed by atoms with Gasteiger partial charge >= 0.3 is 0 Å². The molecule has 0 amide bonds. The summed E-state index contributed by atoms with van der Waals surface area (Å²) < 4.78 is 44.9. The number of halogens is 1. The van der Waals surface area contributed by atoms with Crippen LogP contribution in [0.2, 0.25) is 0 Å². The summed E-state index contributed by atoms with van der Waals surface area (Å²) in [5.41, 5.74) is 0. The standard InChI is InChI=1S/C14H16FNO4S2/c1-20-12-5-4-10(15)9-14(12)22(18,19)16-7-6-11(17)13-3-2-8-21-13/h2-5,8-9,11,16-17H,6-7H2,1H3. The Labute approximate surface area is 132 Å². The highest BCUT2D eigenvalue weighted by atomic mass is 32.2. The number of sulfonamides is 1. The lowest BCUT2D eigenvalue weighted by atomic mass is 10.2. The molecule has 8 heteroatoms. The van der Waals surface area contributed by atoms with E-state index in [1.54, 1.807) is 6.07 Å². The summed E-state index contributed by atoms with van der Waals surface area (Å²) in [6.07, 6.45) is -0.519. The van der Waals surface area contributed by atoms with E-state index in [0.29, 0.717) is 0 Å². The second-order valence-corrected chi connectivity index (χ2v) is 7.23. The third-order valence-corrected chi connectivity index (χ3v) is 5.45. The van der Waals surface area contributed by atoms with Gasteiger partial charge in [-0.05, 0) is 36.1 Å². The van der Waals surface area contributed by atoms with Gasteiger partial charge in [-0.15, -0.1) is 11.3 Å². The van der Waals surface area contributed by atoms with Crippen LogP contribution in [0.5, 0.6) is 5.75 Å². The fraction of sp³-hybridized carbons (Fsp3) is 0.286. The van der Waals surface area contributed by atoms with E-state index in [4.69, 9.17) is 4.74 Å². The number of thiophene rings is 1. The second-order valence-electron chi connectivity index (χ2n) is 4.51. The molecule has 2 rings (SSSR count). The fourth-order valence-corrected chi connectivity index (χ4v) is 3.86. The molecule has 0 aliphatic rings. The molecule has 0 aliphatic heterocycles. The van der Waals surface area contributed by atoms with Crippen molar-refractivity contribution in [3.05, 3.63) is 46.4 Å². The molecule has 1 aromatic carbocycles. The van der Waals surface area contributed by atoms with E-state index in [-0.39, 0.29) is 23.6 Å². The molecule has 0 saturated carbocycles. The molecule has 0 aliphatic carbocycles. The van der Waals surface area contributed by atoms with Crippen LogP contribution in [0.1, 0.15) is 17.4 Å². The predicted molar refractivity (Wildman–Crippen MR) is 82.0 cm³/mol. The van der Waals surface area contributed by atoms with E-state index in [9.17, 15) is 17.9 Å². The van der Waals surface area contributed by atoms with Crippen LogP contribution in [-0.4, -0.2) is 27.2 Å². The highest BCUT2D eigenvalue weighted by Gasteiger charge is 2.20. The average Bonchev–Trinajstić information content (AvgIpc) is 3.01. The Bertz CT molecular complexity index is 716. The zero-order valence-electron chi connectivity index (χ0n) is 11.8. The van der Waals surface area contributed by atoms with Crippen molar-refractivity contribution >= 4 is 21.4 Å². The number of benzene rings is 1. The van der Waals surface area contributed by atoms with Gasteiger partial charge < -0.3 is 9.84 Å². The number of aliphatic hydroxyl groups is 1. The third kappa shape index (κ3) is 4.04. The number of nitrogens with one attached hydrogen (secondary N) is 1. The summed E-state index contributed by atoms with van der Waals surface area (Å²) in [5, 5.41) is 11.7. The fourth-order valence-electron chi connectivity index (χ4n) is 1.89. The monoisotopic (exact) mass is 345 g/mol. The lowest BCUT2D eigenvalue weighted by Crippen LogP contribution is -2.26. The summed E-state index contributed by atoms with van der Waals surface area (Å²) in [7, 11) is -2.60. The molecule has 120 valence electrons. The van der Waals surface area contributed by atoms with Gasteiger partial charge in [-0.2, -0.15) is 0 Å². The molecule has 1 aromatic heterocycles. The minimum Gasteiger partial charge on any atom is -0.495 e. The number of hydrogen-bond donors (Lipinski definition) is 2. The molecule has 22 heavy (non-hydrogen) atoms. The summed E-state index contributed by atoms with van der Waals surface area (Å²) in [4.78, 5) is 0.503. The van der Waals surface area contributed by atoms with Crippen molar-refractivity contribution in [2.75, 3.05) is 13.7 Å². The first kappa shape index (κ1) is 16.9. The van der Waals surface area contributed by atoms with E-state index in [1.165, 1.54) is 24.5 Å². The minimum absolute atomic E-state index is 0.0288. The van der Waals surface area contributed by atoms with E-state index >= 15 is 0 Å². The highest BCUT2D eigenvalue weighted by Crippen LogP contribution is 2.25. The van der Waals surface area contributed by atoms with Gasteiger partial charge in [0.15, 0.2) is 0 Å². The van der Waals surface area contributed by atoms with Gasteiger partial charge in [-0.1, -0.05) is 6.07 Å². The number of hydrogen-bond acceptors (Lipinski definition) is 5. The summed E-state index contributed by atoms with van der Waals surface area (Å²) in [6, 6.07) is 6.87. The second kappa shape index (κ2) is 7.19. The molecule has 1 heterocycles. The maximum absolute atomic E-state index is 13.3. The highest BCUT2D eigenvalue weighted by molar-refractivity contribution is 7.89. The van der Waals surface area contributed by atoms with Crippen molar-refractivity contribution in [3.63, 3.8) is 0 Å². The molecular formula is C14H16FNO4S2. The van der Waals surface area contributed by atoms with E-state index in [0.717, 1.165) is 17.0 Å². The summed E-state index contributed by atoms with van der Waals surface area (Å²) in [6.45, 7) is 0.0288. The zero-order valence-corrected chi connectivity index (χ0v) is 13.5. The summed E-state index contributed by atoms with van der Waals surface area (Å²) in [5.74, 6) is -0.604. The predicted octanol–water partition coefficient (Wildman–Crippen LogP) is 2.30. The van der Waals surface area contributed by atoms with Gasteiger partial charge in [0.05, 0.1) is 13.2 Å². The molecule has 0 saturated heterocycles. The molecule has 0 bridgehead atoms. The normalized spacial score (nSPS) is 13.0. The average molecular weight is 345 g/mol. The first-order chi connectivity index (χ1) is 10.4. The number of rotatable bonds is 7. The Morgan fingerprint density at radius 1 is 1.41 bits per heavy atom. The lowest BCUT2D eigenvalue weighted by Gasteiger charge is -2.12. The van der Waals surface area contributed by atoms with Crippen molar-refractivity contribution in [2.24, 2.45) is 0 Å². The molecule has 0 spiro atoms. The topological polar surface area (TPSA) is 75.6 Å². The number of methoxy groups -OCH3 is 1. The molecule has 0 radical (unpaired) electrons. The molecule has 2 N–H and O–H groups in total. The van der Waals surface area contributed by atoms with Crippen LogP contribution in [0.4, 0.5) is 4.39 Å². The van der Waals surface area contributed by atoms with E-state index in [2.05, 4.69) is 4.72 Å². The third-order valence-electron chi connectivity index (χ3n) is 3.00. The maximum Gasteiger partial charge on any atom is 0.244 e. The van der Waals surface area contributed by atoms with Gasteiger partial charge in [0.2, 0.25) is 10.0 Å². The van der Waals surface area contributed by atoms with Crippen molar-refractivity contribution < 1.29 is 22.7 Å². The van der Waals surface area contributed by atoms with Crippen LogP contribution in [0, 0.1) is 5.82 Å². The maximum atomic E-state index is 13.3. The minimum atomic E-state index is -3.91. The number of aliphatic hydroxyl groups excluding tert-OH is 1. The molecule has 2 aromatic rings. The van der Waals surface area contributed by atoms with Crippen LogP contribution in [-0.2, 0) is 10.0 Å². The van der Waals surface area contributed by atoms with Crippen LogP contribution < -0.4 is 9.46 Å². The van der Waals surface area contributed by atoms with E-state index < -0.39 is 21.9 Å². The summed E-state index contributed by atoms with van der Waals surface area (Å²) >= 11 is 1.40. The van der Waals surface area contributed by atoms with Gasteiger partial charge in [0.1, 0.15) is 16.5 Å². The Morgan fingerprint density at radius 2 is 2.18 bits per heavy atom. The molecule has 1 unspecified atom stereocenters. The molecule has 1 atom stereocenters. The molecule has 0 fully saturated rings.